The molecule has 3 heteroatoms. The fourth-order valence-electron chi connectivity index (χ4n) is 2.08. The monoisotopic (exact) mass is 211 g/mol. The Morgan fingerprint density at radius 1 is 1.25 bits per heavy atom. The van der Waals surface area contributed by atoms with Crippen molar-refractivity contribution < 1.29 is 0 Å². The van der Waals surface area contributed by atoms with E-state index in [9.17, 15) is 0 Å². The van der Waals surface area contributed by atoms with Gasteiger partial charge in [-0.15, -0.1) is 0 Å². The summed E-state index contributed by atoms with van der Waals surface area (Å²) in [5.74, 6) is 0.911. The normalized spacial score (nSPS) is 18.6. The summed E-state index contributed by atoms with van der Waals surface area (Å²) in [6, 6.07) is 10.7. The summed E-state index contributed by atoms with van der Waals surface area (Å²) in [7, 11) is 0. The van der Waals surface area contributed by atoms with Crippen LogP contribution in [0.1, 0.15) is 18.5 Å². The first-order valence-corrected chi connectivity index (χ1v) is 5.38. The number of aromatic nitrogens is 2. The van der Waals surface area contributed by atoms with Crippen LogP contribution in [0, 0.1) is 0 Å². The van der Waals surface area contributed by atoms with E-state index in [4.69, 9.17) is 0 Å². The van der Waals surface area contributed by atoms with Crippen LogP contribution in [0.15, 0.2) is 54.5 Å². The van der Waals surface area contributed by atoms with Crippen molar-refractivity contribution in [2.24, 2.45) is 0 Å². The van der Waals surface area contributed by atoms with Crippen molar-refractivity contribution in [3.8, 4) is 0 Å². The van der Waals surface area contributed by atoms with Gasteiger partial charge in [-0.3, -0.25) is 0 Å². The zero-order chi connectivity index (χ0) is 11.0. The van der Waals surface area contributed by atoms with Gasteiger partial charge in [0.25, 0.3) is 0 Å². The predicted molar refractivity (Wildman–Crippen MR) is 64.2 cm³/mol. The second-order valence-electron chi connectivity index (χ2n) is 3.99. The van der Waals surface area contributed by atoms with Crippen LogP contribution in [-0.2, 0) is 0 Å². The summed E-state index contributed by atoms with van der Waals surface area (Å²) in [5, 5.41) is 3.25. The number of anilines is 1. The lowest BCUT2D eigenvalue weighted by molar-refractivity contribution is 0.686. The van der Waals surface area contributed by atoms with E-state index in [-0.39, 0.29) is 6.04 Å². The molecule has 0 spiro atoms. The molecule has 0 fully saturated rings. The Morgan fingerprint density at radius 3 is 2.88 bits per heavy atom. The molecule has 3 rings (SSSR count). The highest BCUT2D eigenvalue weighted by molar-refractivity contribution is 5.43. The first-order valence-electron chi connectivity index (χ1n) is 5.38. The Bertz CT molecular complexity index is 525. The first-order chi connectivity index (χ1) is 7.84. The van der Waals surface area contributed by atoms with E-state index in [1.165, 1.54) is 5.56 Å². The lowest BCUT2D eigenvalue weighted by Crippen LogP contribution is -2.17. The van der Waals surface area contributed by atoms with Crippen molar-refractivity contribution in [2.45, 2.75) is 13.0 Å². The molecule has 0 aliphatic carbocycles. The minimum atomic E-state index is 0.250. The largest absolute Gasteiger partial charge is 0.330 e. The molecule has 0 radical (unpaired) electrons. The molecule has 1 aliphatic rings. The smallest absolute Gasteiger partial charge is 0.207 e. The number of hydrogen-bond donors (Lipinski definition) is 1. The number of allylic oxidation sites excluding steroid dienone is 2. The predicted octanol–water partition coefficient (Wildman–Crippen LogP) is 2.80. The van der Waals surface area contributed by atoms with Gasteiger partial charge in [-0.1, -0.05) is 30.3 Å². The molecule has 2 heterocycles. The second kappa shape index (κ2) is 3.52. The third kappa shape index (κ3) is 1.41. The zero-order valence-electron chi connectivity index (χ0n) is 9.09. The molecule has 0 saturated carbocycles. The van der Waals surface area contributed by atoms with E-state index < -0.39 is 0 Å². The van der Waals surface area contributed by atoms with E-state index in [0.29, 0.717) is 0 Å². The molecule has 0 amide bonds. The van der Waals surface area contributed by atoms with Gasteiger partial charge >= 0.3 is 0 Å². The number of fused-ring (bicyclic) bond motifs is 1. The van der Waals surface area contributed by atoms with Gasteiger partial charge in [0.1, 0.15) is 0 Å². The van der Waals surface area contributed by atoms with Crippen LogP contribution in [0.2, 0.25) is 0 Å². The average molecular weight is 211 g/mol. The Labute approximate surface area is 94.4 Å². The van der Waals surface area contributed by atoms with Crippen LogP contribution in [0.5, 0.6) is 0 Å². The van der Waals surface area contributed by atoms with Gasteiger partial charge in [-0.05, 0) is 18.6 Å². The van der Waals surface area contributed by atoms with Crippen molar-refractivity contribution in [1.29, 1.82) is 0 Å². The Balaban J connectivity index is 2.10. The molecule has 1 aromatic heterocycles. The molecule has 80 valence electrons. The third-order valence-corrected chi connectivity index (χ3v) is 2.83. The number of nitrogens with zero attached hydrogens (tertiary/aromatic N) is 2. The lowest BCUT2D eigenvalue weighted by atomic mass is 10.0. The van der Waals surface area contributed by atoms with Crippen LogP contribution in [0.4, 0.5) is 5.95 Å². The summed E-state index contributed by atoms with van der Waals surface area (Å²) in [6.45, 7) is 2.06. The minimum absolute atomic E-state index is 0.250. The molecule has 0 saturated heterocycles. The van der Waals surface area contributed by atoms with Crippen molar-refractivity contribution in [3.63, 3.8) is 0 Å². The molecule has 16 heavy (non-hydrogen) atoms. The molecule has 1 unspecified atom stereocenters. The lowest BCUT2D eigenvalue weighted by Gasteiger charge is -2.24. The van der Waals surface area contributed by atoms with Gasteiger partial charge in [0, 0.05) is 18.1 Å². The number of benzene rings is 1. The topological polar surface area (TPSA) is 29.9 Å². The van der Waals surface area contributed by atoms with Crippen molar-refractivity contribution >= 4 is 5.95 Å². The second-order valence-corrected chi connectivity index (χ2v) is 3.99. The van der Waals surface area contributed by atoms with Gasteiger partial charge in [-0.2, -0.15) is 0 Å². The molecular weight excluding hydrogens is 198 g/mol. The number of hydrogen-bond acceptors (Lipinski definition) is 2. The molecule has 2 aromatic rings. The molecule has 0 bridgehead atoms. The van der Waals surface area contributed by atoms with Crippen LogP contribution in [0.3, 0.4) is 0 Å². The van der Waals surface area contributed by atoms with E-state index in [1.54, 1.807) is 0 Å². The van der Waals surface area contributed by atoms with Crippen LogP contribution < -0.4 is 5.32 Å². The number of nitrogens with one attached hydrogen (secondary N) is 1. The minimum Gasteiger partial charge on any atom is -0.330 e. The van der Waals surface area contributed by atoms with Gasteiger partial charge in [0.15, 0.2) is 0 Å². The average Bonchev–Trinajstić information content (AvgIpc) is 2.77. The zero-order valence-corrected chi connectivity index (χ0v) is 9.09. The number of rotatable bonds is 1. The molecular formula is C13H13N3. The highest BCUT2D eigenvalue weighted by atomic mass is 15.2. The maximum absolute atomic E-state index is 4.29. The maximum atomic E-state index is 4.29. The summed E-state index contributed by atoms with van der Waals surface area (Å²) < 4.78 is 2.14. The van der Waals surface area contributed by atoms with E-state index in [0.717, 1.165) is 11.6 Å². The Hall–Kier alpha value is -2.03. The Kier molecular flexibility index (Phi) is 2.03. The summed E-state index contributed by atoms with van der Waals surface area (Å²) in [4.78, 5) is 4.29. The number of imidazole rings is 1. The third-order valence-electron chi connectivity index (χ3n) is 2.83. The van der Waals surface area contributed by atoms with Crippen LogP contribution in [0.25, 0.3) is 0 Å². The molecule has 1 atom stereocenters. The molecule has 1 aromatic carbocycles. The summed E-state index contributed by atoms with van der Waals surface area (Å²) in [5.41, 5.74) is 2.43. The first kappa shape index (κ1) is 9.21. The fraction of sp³-hybridized carbons (Fsp3) is 0.154. The summed E-state index contributed by atoms with van der Waals surface area (Å²) in [6.07, 6.45) is 6.04. The van der Waals surface area contributed by atoms with Gasteiger partial charge < -0.3 is 9.88 Å². The highest BCUT2D eigenvalue weighted by Gasteiger charge is 2.18. The molecule has 3 nitrogen and oxygen atoms in total. The molecule has 1 N–H and O–H groups in total. The SMILES string of the molecule is CC1=CC(c2ccccc2)n2ccnc2N1. The summed E-state index contributed by atoms with van der Waals surface area (Å²) >= 11 is 0. The standard InChI is InChI=1S/C13H13N3/c1-10-9-12(11-5-3-2-4-6-11)16-8-7-14-13(16)15-10/h2-9,12H,1H3,(H,14,15). The van der Waals surface area contributed by atoms with E-state index in [2.05, 4.69) is 52.1 Å². The van der Waals surface area contributed by atoms with Gasteiger partial charge in [0.2, 0.25) is 5.95 Å². The van der Waals surface area contributed by atoms with E-state index in [1.807, 2.05) is 18.5 Å². The van der Waals surface area contributed by atoms with Crippen molar-refractivity contribution in [3.05, 3.63) is 60.1 Å². The quantitative estimate of drug-likeness (QED) is 0.786. The van der Waals surface area contributed by atoms with Crippen LogP contribution >= 0.6 is 0 Å². The Morgan fingerprint density at radius 2 is 2.06 bits per heavy atom. The maximum Gasteiger partial charge on any atom is 0.207 e. The highest BCUT2D eigenvalue weighted by Crippen LogP contribution is 2.28. The van der Waals surface area contributed by atoms with Crippen molar-refractivity contribution in [2.75, 3.05) is 5.32 Å². The van der Waals surface area contributed by atoms with Gasteiger partial charge in [0.05, 0.1) is 6.04 Å². The fourth-order valence-corrected chi connectivity index (χ4v) is 2.08. The van der Waals surface area contributed by atoms with Gasteiger partial charge in [-0.25, -0.2) is 4.98 Å². The van der Waals surface area contributed by atoms with Crippen molar-refractivity contribution in [1.82, 2.24) is 9.55 Å². The molecule has 1 aliphatic heterocycles. The van der Waals surface area contributed by atoms with E-state index >= 15 is 0 Å². The van der Waals surface area contributed by atoms with Crippen LogP contribution in [-0.4, -0.2) is 9.55 Å².